The highest BCUT2D eigenvalue weighted by Crippen LogP contribution is 2.46. The van der Waals surface area contributed by atoms with Crippen LogP contribution in [0.5, 0.6) is 0 Å². The molecule has 1 saturated carbocycles. The molecule has 2 heteroatoms. The van der Waals surface area contributed by atoms with Gasteiger partial charge in [0.15, 0.2) is 0 Å². The van der Waals surface area contributed by atoms with E-state index >= 15 is 0 Å². The Balaban J connectivity index is 2.00. The van der Waals surface area contributed by atoms with Crippen molar-refractivity contribution in [2.75, 3.05) is 0 Å². The maximum absolute atomic E-state index is 11.7. The van der Waals surface area contributed by atoms with Crippen molar-refractivity contribution in [2.24, 2.45) is 11.8 Å². The van der Waals surface area contributed by atoms with Crippen LogP contribution in [0.3, 0.4) is 0 Å². The lowest BCUT2D eigenvalue weighted by Gasteiger charge is -2.38. The van der Waals surface area contributed by atoms with Crippen LogP contribution in [0.2, 0.25) is 0 Å². The third-order valence-corrected chi connectivity index (χ3v) is 5.29. The quantitative estimate of drug-likeness (QED) is 0.871. The first-order chi connectivity index (χ1) is 9.66. The first kappa shape index (κ1) is 13.7. The van der Waals surface area contributed by atoms with Gasteiger partial charge >= 0.3 is 5.97 Å². The summed E-state index contributed by atoms with van der Waals surface area (Å²) in [4.78, 5) is 11.7. The summed E-state index contributed by atoms with van der Waals surface area (Å²) in [6.45, 7) is 2.11. The molecule has 1 aromatic carbocycles. The van der Waals surface area contributed by atoms with E-state index in [1.165, 1.54) is 48.8 Å². The van der Waals surface area contributed by atoms with E-state index in [9.17, 15) is 9.90 Å². The fourth-order valence-corrected chi connectivity index (χ4v) is 4.31. The van der Waals surface area contributed by atoms with Crippen molar-refractivity contribution in [3.05, 3.63) is 34.9 Å². The second kappa shape index (κ2) is 5.59. The Morgan fingerprint density at radius 3 is 2.60 bits per heavy atom. The van der Waals surface area contributed by atoms with Crippen LogP contribution in [-0.2, 0) is 11.2 Å². The van der Waals surface area contributed by atoms with Crippen LogP contribution in [0.25, 0.3) is 0 Å². The Hall–Kier alpha value is -1.31. The monoisotopic (exact) mass is 272 g/mol. The standard InChI is InChI=1S/C18H24O2/c1-12-7-8-13-9-10-15(18(19)20)17(16(13)11-12)14-5-3-2-4-6-14/h7-8,11,14-15,17H,2-6,9-10H2,1H3,(H,19,20). The van der Waals surface area contributed by atoms with Gasteiger partial charge in [-0.15, -0.1) is 0 Å². The maximum Gasteiger partial charge on any atom is 0.307 e. The molecule has 0 aliphatic heterocycles. The Morgan fingerprint density at radius 1 is 1.15 bits per heavy atom. The molecule has 3 rings (SSSR count). The number of carboxylic acid groups (broad SMARTS) is 1. The largest absolute Gasteiger partial charge is 0.481 e. The molecule has 2 aliphatic carbocycles. The smallest absolute Gasteiger partial charge is 0.307 e. The third-order valence-electron chi connectivity index (χ3n) is 5.29. The number of rotatable bonds is 2. The second-order valence-electron chi connectivity index (χ2n) is 6.61. The van der Waals surface area contributed by atoms with Crippen LogP contribution in [-0.4, -0.2) is 11.1 Å². The molecule has 20 heavy (non-hydrogen) atoms. The first-order valence-corrected chi connectivity index (χ1v) is 7.99. The van der Waals surface area contributed by atoms with E-state index in [1.54, 1.807) is 0 Å². The molecule has 1 fully saturated rings. The van der Waals surface area contributed by atoms with Gasteiger partial charge in [0.2, 0.25) is 0 Å². The minimum atomic E-state index is -0.590. The van der Waals surface area contributed by atoms with Gasteiger partial charge in [-0.05, 0) is 49.7 Å². The first-order valence-electron chi connectivity index (χ1n) is 7.99. The number of carboxylic acids is 1. The van der Waals surface area contributed by atoms with Crippen molar-refractivity contribution in [3.8, 4) is 0 Å². The molecule has 0 bridgehead atoms. The summed E-state index contributed by atoms with van der Waals surface area (Å²) in [5.74, 6) is 0.0577. The van der Waals surface area contributed by atoms with Gasteiger partial charge in [0, 0.05) is 5.92 Å². The highest BCUT2D eigenvalue weighted by atomic mass is 16.4. The zero-order valence-corrected chi connectivity index (χ0v) is 12.3. The number of aliphatic carboxylic acids is 1. The van der Waals surface area contributed by atoms with Crippen LogP contribution < -0.4 is 0 Å². The predicted octanol–water partition coefficient (Wildman–Crippen LogP) is 4.31. The average Bonchev–Trinajstić information content (AvgIpc) is 2.46. The average molecular weight is 272 g/mol. The number of hydrogen-bond acceptors (Lipinski definition) is 1. The summed E-state index contributed by atoms with van der Waals surface area (Å²) < 4.78 is 0. The Morgan fingerprint density at radius 2 is 1.90 bits per heavy atom. The fraction of sp³-hybridized carbons (Fsp3) is 0.611. The van der Waals surface area contributed by atoms with E-state index in [1.807, 2.05) is 0 Å². The van der Waals surface area contributed by atoms with E-state index in [0.717, 1.165) is 12.8 Å². The second-order valence-corrected chi connectivity index (χ2v) is 6.61. The Bertz CT molecular complexity index is 500. The summed E-state index contributed by atoms with van der Waals surface area (Å²) >= 11 is 0. The normalized spacial score (nSPS) is 27.1. The van der Waals surface area contributed by atoms with E-state index in [-0.39, 0.29) is 11.8 Å². The molecule has 0 amide bonds. The van der Waals surface area contributed by atoms with Gasteiger partial charge in [0.1, 0.15) is 0 Å². The van der Waals surface area contributed by atoms with Gasteiger partial charge < -0.3 is 5.11 Å². The van der Waals surface area contributed by atoms with Crippen LogP contribution in [0, 0.1) is 18.8 Å². The lowest BCUT2D eigenvalue weighted by molar-refractivity contribution is -0.143. The van der Waals surface area contributed by atoms with Gasteiger partial charge in [-0.1, -0.05) is 43.0 Å². The van der Waals surface area contributed by atoms with Crippen LogP contribution in [0.4, 0.5) is 0 Å². The van der Waals surface area contributed by atoms with Crippen molar-refractivity contribution in [2.45, 2.75) is 57.8 Å². The molecule has 0 aromatic heterocycles. The number of benzene rings is 1. The Kier molecular flexibility index (Phi) is 3.82. The minimum absolute atomic E-state index is 0.174. The molecular formula is C18H24O2. The highest BCUT2D eigenvalue weighted by molar-refractivity contribution is 5.72. The topological polar surface area (TPSA) is 37.3 Å². The summed E-state index contributed by atoms with van der Waals surface area (Å²) in [6, 6.07) is 6.64. The molecule has 0 radical (unpaired) electrons. The van der Waals surface area contributed by atoms with Gasteiger partial charge in [-0.3, -0.25) is 4.79 Å². The molecule has 108 valence electrons. The zero-order valence-electron chi connectivity index (χ0n) is 12.3. The summed E-state index contributed by atoms with van der Waals surface area (Å²) in [6.07, 6.45) is 8.02. The Labute approximate surface area is 121 Å². The fourth-order valence-electron chi connectivity index (χ4n) is 4.31. The molecule has 0 saturated heterocycles. The molecule has 2 nitrogen and oxygen atoms in total. The number of aryl methyl sites for hydroxylation is 2. The maximum atomic E-state index is 11.7. The summed E-state index contributed by atoms with van der Waals surface area (Å²) in [5, 5.41) is 9.63. The van der Waals surface area contributed by atoms with E-state index in [4.69, 9.17) is 0 Å². The van der Waals surface area contributed by atoms with Crippen LogP contribution in [0.15, 0.2) is 18.2 Å². The minimum Gasteiger partial charge on any atom is -0.481 e. The third kappa shape index (κ3) is 2.48. The summed E-state index contributed by atoms with van der Waals surface area (Å²) in [5.41, 5.74) is 4.00. The molecule has 0 heterocycles. The molecule has 2 atom stereocenters. The van der Waals surface area contributed by atoms with E-state index in [2.05, 4.69) is 25.1 Å². The number of fused-ring (bicyclic) bond motifs is 1. The van der Waals surface area contributed by atoms with E-state index in [0.29, 0.717) is 5.92 Å². The summed E-state index contributed by atoms with van der Waals surface area (Å²) in [7, 11) is 0. The molecule has 0 spiro atoms. The van der Waals surface area contributed by atoms with Crippen molar-refractivity contribution in [1.29, 1.82) is 0 Å². The lowest BCUT2D eigenvalue weighted by Crippen LogP contribution is -2.33. The van der Waals surface area contributed by atoms with E-state index < -0.39 is 5.97 Å². The van der Waals surface area contributed by atoms with Crippen molar-refractivity contribution < 1.29 is 9.90 Å². The van der Waals surface area contributed by atoms with Crippen LogP contribution in [0.1, 0.15) is 61.1 Å². The van der Waals surface area contributed by atoms with Gasteiger partial charge in [-0.2, -0.15) is 0 Å². The number of hydrogen-bond donors (Lipinski definition) is 1. The zero-order chi connectivity index (χ0) is 14.1. The van der Waals surface area contributed by atoms with Gasteiger partial charge in [0.05, 0.1) is 5.92 Å². The molecule has 2 aliphatic rings. The van der Waals surface area contributed by atoms with Crippen molar-refractivity contribution in [1.82, 2.24) is 0 Å². The van der Waals surface area contributed by atoms with Gasteiger partial charge in [0.25, 0.3) is 0 Å². The molecular weight excluding hydrogens is 248 g/mol. The van der Waals surface area contributed by atoms with Gasteiger partial charge in [-0.25, -0.2) is 0 Å². The predicted molar refractivity (Wildman–Crippen MR) is 79.9 cm³/mol. The molecule has 2 unspecified atom stereocenters. The van der Waals surface area contributed by atoms with Crippen LogP contribution >= 0.6 is 0 Å². The van der Waals surface area contributed by atoms with Crippen molar-refractivity contribution in [3.63, 3.8) is 0 Å². The van der Waals surface area contributed by atoms with Crippen molar-refractivity contribution >= 4 is 5.97 Å². The molecule has 1 aromatic rings. The lowest BCUT2D eigenvalue weighted by atomic mass is 9.65. The number of carbonyl (C=O) groups is 1. The SMILES string of the molecule is Cc1ccc2c(c1)C(C1CCCCC1)C(C(=O)O)CC2. The molecule has 1 N–H and O–H groups in total. The highest BCUT2D eigenvalue weighted by Gasteiger charge is 2.39.